The van der Waals surface area contributed by atoms with Gasteiger partial charge in [0.05, 0.1) is 7.11 Å². The number of methoxy groups -OCH3 is 1. The molecule has 1 rings (SSSR count). The Labute approximate surface area is 172 Å². The highest BCUT2D eigenvalue weighted by molar-refractivity contribution is 7.89. The Kier molecular flexibility index (Phi) is 8.90. The second-order valence-corrected chi connectivity index (χ2v) is 9.25. The molecule has 9 nitrogen and oxygen atoms in total. The number of carbonyl (C=O) groups excluding carboxylic acids is 2. The summed E-state index contributed by atoms with van der Waals surface area (Å²) in [5, 5.41) is 5.07. The lowest BCUT2D eigenvalue weighted by molar-refractivity contribution is -0.120. The Hall–Kier alpha value is -2.33. The molecule has 0 fully saturated rings. The highest BCUT2D eigenvalue weighted by Crippen LogP contribution is 2.26. The van der Waals surface area contributed by atoms with Crippen LogP contribution in [0.1, 0.15) is 38.3 Å². The first-order chi connectivity index (χ1) is 13.4. The van der Waals surface area contributed by atoms with E-state index < -0.39 is 21.7 Å². The summed E-state index contributed by atoms with van der Waals surface area (Å²) in [7, 11) is -2.37. The smallest absolute Gasteiger partial charge is 0.407 e. The normalized spacial score (nSPS) is 11.7. The molecule has 0 saturated heterocycles. The number of alkyl carbamates (subject to hydrolysis) is 1. The SMILES string of the molecule is COc1cc(C)c(C)cc1S(=O)(=O)NCCNC(=O)CCNC(=O)OC(C)(C)C. The van der Waals surface area contributed by atoms with Gasteiger partial charge < -0.3 is 20.1 Å². The molecule has 0 atom stereocenters. The number of rotatable bonds is 9. The maximum Gasteiger partial charge on any atom is 0.407 e. The van der Waals surface area contributed by atoms with Crippen LogP contribution in [0.5, 0.6) is 5.75 Å². The Morgan fingerprint density at radius 1 is 1.00 bits per heavy atom. The van der Waals surface area contributed by atoms with Crippen LogP contribution in [0.15, 0.2) is 17.0 Å². The molecule has 0 saturated carbocycles. The third kappa shape index (κ3) is 8.70. The molecule has 0 aromatic heterocycles. The van der Waals surface area contributed by atoms with Crippen molar-refractivity contribution in [3.8, 4) is 5.75 Å². The second-order valence-electron chi connectivity index (χ2n) is 7.51. The summed E-state index contributed by atoms with van der Waals surface area (Å²) < 4.78 is 37.7. The summed E-state index contributed by atoms with van der Waals surface area (Å²) in [6.07, 6.45) is -0.544. The van der Waals surface area contributed by atoms with Crippen LogP contribution < -0.4 is 20.1 Å². The summed E-state index contributed by atoms with van der Waals surface area (Å²) in [6.45, 7) is 9.16. The summed E-state index contributed by atoms with van der Waals surface area (Å²) in [6, 6.07) is 3.22. The largest absolute Gasteiger partial charge is 0.495 e. The van der Waals surface area contributed by atoms with E-state index >= 15 is 0 Å². The van der Waals surface area contributed by atoms with E-state index in [4.69, 9.17) is 9.47 Å². The standard InChI is InChI=1S/C19H31N3O6S/c1-13-11-15(27-6)16(12-14(13)2)29(25,26)22-10-9-20-17(23)7-8-21-18(24)28-19(3,4)5/h11-12,22H,7-10H2,1-6H3,(H,20,23)(H,21,24). The molecule has 0 bridgehead atoms. The predicted octanol–water partition coefficient (Wildman–Crippen LogP) is 1.62. The summed E-state index contributed by atoms with van der Waals surface area (Å²) in [5.41, 5.74) is 1.15. The van der Waals surface area contributed by atoms with Gasteiger partial charge in [-0.2, -0.15) is 0 Å². The van der Waals surface area contributed by atoms with Crippen LogP contribution in [0.2, 0.25) is 0 Å². The highest BCUT2D eigenvalue weighted by atomic mass is 32.2. The minimum Gasteiger partial charge on any atom is -0.495 e. The predicted molar refractivity (Wildman–Crippen MR) is 110 cm³/mol. The Balaban J connectivity index is 2.43. The van der Waals surface area contributed by atoms with Crippen LogP contribution in [0.3, 0.4) is 0 Å². The van der Waals surface area contributed by atoms with E-state index in [-0.39, 0.29) is 42.6 Å². The average molecular weight is 430 g/mol. The van der Waals surface area contributed by atoms with Crippen molar-refractivity contribution in [3.63, 3.8) is 0 Å². The van der Waals surface area contributed by atoms with Gasteiger partial charge in [0.15, 0.2) is 0 Å². The number of ether oxygens (including phenoxy) is 2. The minimum atomic E-state index is -3.79. The molecule has 164 valence electrons. The maximum atomic E-state index is 12.5. The van der Waals surface area contributed by atoms with Gasteiger partial charge in [0, 0.05) is 26.1 Å². The van der Waals surface area contributed by atoms with Crippen molar-refractivity contribution in [1.29, 1.82) is 0 Å². The fraction of sp³-hybridized carbons (Fsp3) is 0.579. The molecule has 0 aliphatic rings. The van der Waals surface area contributed by atoms with E-state index in [0.29, 0.717) is 0 Å². The number of benzene rings is 1. The zero-order valence-corrected chi connectivity index (χ0v) is 18.7. The van der Waals surface area contributed by atoms with Crippen LogP contribution in [0.4, 0.5) is 4.79 Å². The van der Waals surface area contributed by atoms with Gasteiger partial charge in [-0.3, -0.25) is 4.79 Å². The Bertz CT molecular complexity index is 831. The quantitative estimate of drug-likeness (QED) is 0.513. The zero-order valence-electron chi connectivity index (χ0n) is 17.8. The van der Waals surface area contributed by atoms with Crippen molar-refractivity contribution in [2.45, 2.75) is 51.5 Å². The van der Waals surface area contributed by atoms with Crippen LogP contribution in [-0.2, 0) is 19.6 Å². The molecule has 10 heteroatoms. The number of nitrogens with one attached hydrogen (secondary N) is 3. The Morgan fingerprint density at radius 3 is 2.21 bits per heavy atom. The van der Waals surface area contributed by atoms with Crippen molar-refractivity contribution in [2.24, 2.45) is 0 Å². The summed E-state index contributed by atoms with van der Waals surface area (Å²) in [4.78, 5) is 23.3. The molecular weight excluding hydrogens is 398 g/mol. The van der Waals surface area contributed by atoms with E-state index in [9.17, 15) is 18.0 Å². The third-order valence-corrected chi connectivity index (χ3v) is 5.31. The van der Waals surface area contributed by atoms with Gasteiger partial charge in [-0.25, -0.2) is 17.9 Å². The van der Waals surface area contributed by atoms with Crippen molar-refractivity contribution in [2.75, 3.05) is 26.7 Å². The van der Waals surface area contributed by atoms with Crippen molar-refractivity contribution in [3.05, 3.63) is 23.3 Å². The molecule has 0 spiro atoms. The van der Waals surface area contributed by atoms with Gasteiger partial charge in [-0.05, 0) is 57.9 Å². The molecule has 0 aliphatic carbocycles. The molecule has 0 aliphatic heterocycles. The first-order valence-corrected chi connectivity index (χ1v) is 10.7. The monoisotopic (exact) mass is 429 g/mol. The summed E-state index contributed by atoms with van der Waals surface area (Å²) in [5.74, 6) is -0.0538. The van der Waals surface area contributed by atoms with Gasteiger partial charge in [0.2, 0.25) is 15.9 Å². The lowest BCUT2D eigenvalue weighted by atomic mass is 10.1. The fourth-order valence-corrected chi connectivity index (χ4v) is 3.54. The highest BCUT2D eigenvalue weighted by Gasteiger charge is 2.20. The molecule has 1 aromatic rings. The van der Waals surface area contributed by atoms with Crippen LogP contribution in [0.25, 0.3) is 0 Å². The van der Waals surface area contributed by atoms with Gasteiger partial charge in [-0.1, -0.05) is 0 Å². The molecular formula is C19H31N3O6S. The van der Waals surface area contributed by atoms with E-state index in [1.807, 2.05) is 13.8 Å². The number of aryl methyl sites for hydroxylation is 2. The summed E-state index contributed by atoms with van der Waals surface area (Å²) >= 11 is 0. The molecule has 2 amide bonds. The maximum absolute atomic E-state index is 12.5. The number of amides is 2. The third-order valence-electron chi connectivity index (χ3n) is 3.83. The van der Waals surface area contributed by atoms with Crippen molar-refractivity contribution in [1.82, 2.24) is 15.4 Å². The van der Waals surface area contributed by atoms with Gasteiger partial charge >= 0.3 is 6.09 Å². The average Bonchev–Trinajstić information content (AvgIpc) is 2.59. The number of carbonyl (C=O) groups is 2. The molecule has 0 unspecified atom stereocenters. The van der Waals surface area contributed by atoms with Gasteiger partial charge in [0.1, 0.15) is 16.2 Å². The second kappa shape index (κ2) is 10.4. The number of hydrogen-bond donors (Lipinski definition) is 3. The van der Waals surface area contributed by atoms with Gasteiger partial charge in [0.25, 0.3) is 0 Å². The Morgan fingerprint density at radius 2 is 1.62 bits per heavy atom. The lowest BCUT2D eigenvalue weighted by Gasteiger charge is -2.19. The van der Waals surface area contributed by atoms with Gasteiger partial charge in [-0.15, -0.1) is 0 Å². The van der Waals surface area contributed by atoms with E-state index in [0.717, 1.165) is 11.1 Å². The number of hydrogen-bond acceptors (Lipinski definition) is 6. The van der Waals surface area contributed by atoms with E-state index in [1.165, 1.54) is 7.11 Å². The topological polar surface area (TPSA) is 123 Å². The van der Waals surface area contributed by atoms with Crippen LogP contribution >= 0.6 is 0 Å². The van der Waals surface area contributed by atoms with E-state index in [1.54, 1.807) is 32.9 Å². The van der Waals surface area contributed by atoms with Crippen LogP contribution in [0, 0.1) is 13.8 Å². The van der Waals surface area contributed by atoms with E-state index in [2.05, 4.69) is 15.4 Å². The lowest BCUT2D eigenvalue weighted by Crippen LogP contribution is -2.37. The number of sulfonamides is 1. The first kappa shape index (κ1) is 24.7. The molecule has 1 aromatic carbocycles. The molecule has 3 N–H and O–H groups in total. The van der Waals surface area contributed by atoms with Crippen LogP contribution in [-0.4, -0.2) is 52.8 Å². The van der Waals surface area contributed by atoms with Crippen molar-refractivity contribution >= 4 is 22.0 Å². The zero-order chi connectivity index (χ0) is 22.2. The first-order valence-electron chi connectivity index (χ1n) is 9.24. The fourth-order valence-electron chi connectivity index (χ4n) is 2.28. The van der Waals surface area contributed by atoms with Crippen molar-refractivity contribution < 1.29 is 27.5 Å². The minimum absolute atomic E-state index is 0.0175. The molecule has 29 heavy (non-hydrogen) atoms. The molecule has 0 radical (unpaired) electrons. The molecule has 0 heterocycles.